The second-order valence-electron chi connectivity index (χ2n) is 3.86. The summed E-state index contributed by atoms with van der Waals surface area (Å²) in [6.45, 7) is 0.182. The van der Waals surface area contributed by atoms with Gasteiger partial charge in [-0.1, -0.05) is 0 Å². The fourth-order valence-electron chi connectivity index (χ4n) is 1.69. The molecule has 19 heavy (non-hydrogen) atoms. The van der Waals surface area contributed by atoms with Crippen LogP contribution in [0.25, 0.3) is 11.3 Å². The highest BCUT2D eigenvalue weighted by Crippen LogP contribution is 2.23. The molecule has 0 radical (unpaired) electrons. The van der Waals surface area contributed by atoms with Gasteiger partial charge in [0.1, 0.15) is 12.4 Å². The summed E-state index contributed by atoms with van der Waals surface area (Å²) < 4.78 is 23.4. The van der Waals surface area contributed by atoms with Gasteiger partial charge < -0.3 is 14.5 Å². The van der Waals surface area contributed by atoms with Gasteiger partial charge in [0.05, 0.1) is 12.8 Å². The zero-order valence-electron chi connectivity index (χ0n) is 10.6. The van der Waals surface area contributed by atoms with Crippen molar-refractivity contribution < 1.29 is 13.9 Å². The number of hydrogen-bond donors (Lipinski definition) is 1. The Bertz CT molecular complexity index is 640. The molecular weight excluding hydrogens is 251 g/mol. The van der Waals surface area contributed by atoms with Gasteiger partial charge in [0.2, 0.25) is 0 Å². The smallest absolute Gasteiger partial charge is 0.251 e. The molecule has 0 saturated carbocycles. The lowest BCUT2D eigenvalue weighted by molar-refractivity contribution is 0.177. The molecule has 0 amide bonds. The third-order valence-corrected chi connectivity index (χ3v) is 2.52. The standard InChI is InChI=1S/C13H13FN2O3/c1-18-7-12-15-10(6-13(17)16-12)8-3-4-11(19-2)9(14)5-8/h3-6H,7H2,1-2H3,(H,15,16,17). The highest BCUT2D eigenvalue weighted by atomic mass is 19.1. The average Bonchev–Trinajstić information content (AvgIpc) is 2.38. The molecule has 0 unspecified atom stereocenters. The Balaban J connectivity index is 2.46. The Morgan fingerprint density at radius 2 is 2.11 bits per heavy atom. The van der Waals surface area contributed by atoms with E-state index in [4.69, 9.17) is 9.47 Å². The first-order valence-corrected chi connectivity index (χ1v) is 5.57. The Labute approximate surface area is 109 Å². The Hall–Kier alpha value is -2.21. The SMILES string of the molecule is COCc1nc(-c2ccc(OC)c(F)c2)cc(=O)[nH]1. The van der Waals surface area contributed by atoms with Crippen LogP contribution in [0.1, 0.15) is 5.82 Å². The maximum absolute atomic E-state index is 13.6. The van der Waals surface area contributed by atoms with E-state index in [-0.39, 0.29) is 17.9 Å². The fraction of sp³-hybridized carbons (Fsp3) is 0.231. The van der Waals surface area contributed by atoms with Gasteiger partial charge in [-0.2, -0.15) is 0 Å². The van der Waals surface area contributed by atoms with E-state index in [0.717, 1.165) is 0 Å². The molecule has 1 heterocycles. The Morgan fingerprint density at radius 3 is 2.74 bits per heavy atom. The van der Waals surface area contributed by atoms with E-state index in [1.165, 1.54) is 32.4 Å². The van der Waals surface area contributed by atoms with Crippen LogP contribution < -0.4 is 10.3 Å². The molecule has 0 spiro atoms. The summed E-state index contributed by atoms with van der Waals surface area (Å²) in [5.41, 5.74) is 0.576. The van der Waals surface area contributed by atoms with Crippen molar-refractivity contribution in [2.45, 2.75) is 6.61 Å². The number of rotatable bonds is 4. The predicted molar refractivity (Wildman–Crippen MR) is 67.5 cm³/mol. The number of nitrogens with zero attached hydrogens (tertiary/aromatic N) is 1. The van der Waals surface area contributed by atoms with Crippen molar-refractivity contribution in [1.82, 2.24) is 9.97 Å². The quantitative estimate of drug-likeness (QED) is 0.913. The number of nitrogens with one attached hydrogen (secondary N) is 1. The molecule has 6 heteroatoms. The van der Waals surface area contributed by atoms with Crippen molar-refractivity contribution in [2.24, 2.45) is 0 Å². The van der Waals surface area contributed by atoms with Crippen LogP contribution in [-0.4, -0.2) is 24.2 Å². The lowest BCUT2D eigenvalue weighted by Crippen LogP contribution is -2.11. The van der Waals surface area contributed by atoms with E-state index in [2.05, 4.69) is 9.97 Å². The zero-order chi connectivity index (χ0) is 13.8. The van der Waals surface area contributed by atoms with Crippen molar-refractivity contribution in [3.63, 3.8) is 0 Å². The van der Waals surface area contributed by atoms with Crippen molar-refractivity contribution in [3.05, 3.63) is 46.3 Å². The molecule has 2 aromatic rings. The maximum atomic E-state index is 13.6. The summed E-state index contributed by atoms with van der Waals surface area (Å²) in [5.74, 6) is 0.0299. The van der Waals surface area contributed by atoms with Crippen LogP contribution in [-0.2, 0) is 11.3 Å². The van der Waals surface area contributed by atoms with Crippen molar-refractivity contribution in [2.75, 3.05) is 14.2 Å². The number of benzene rings is 1. The third-order valence-electron chi connectivity index (χ3n) is 2.52. The number of H-pyrrole nitrogens is 1. The minimum absolute atomic E-state index is 0.144. The van der Waals surface area contributed by atoms with Gasteiger partial charge in [0.25, 0.3) is 5.56 Å². The molecule has 2 rings (SSSR count). The van der Waals surface area contributed by atoms with Crippen molar-refractivity contribution >= 4 is 0 Å². The number of aromatic nitrogens is 2. The van der Waals surface area contributed by atoms with Gasteiger partial charge in [-0.25, -0.2) is 9.37 Å². The number of ether oxygens (including phenoxy) is 2. The van der Waals surface area contributed by atoms with Crippen LogP contribution in [0, 0.1) is 5.82 Å². The summed E-state index contributed by atoms with van der Waals surface area (Å²) in [7, 11) is 2.89. The van der Waals surface area contributed by atoms with Crippen LogP contribution in [0.5, 0.6) is 5.75 Å². The second kappa shape index (κ2) is 5.62. The highest BCUT2D eigenvalue weighted by Gasteiger charge is 2.08. The topological polar surface area (TPSA) is 64.2 Å². The van der Waals surface area contributed by atoms with Crippen LogP contribution in [0.4, 0.5) is 4.39 Å². The van der Waals surface area contributed by atoms with Crippen molar-refractivity contribution in [3.8, 4) is 17.0 Å². The Kier molecular flexibility index (Phi) is 3.91. The summed E-state index contributed by atoms with van der Waals surface area (Å²) >= 11 is 0. The molecular formula is C13H13FN2O3. The minimum atomic E-state index is -0.504. The second-order valence-corrected chi connectivity index (χ2v) is 3.86. The van der Waals surface area contributed by atoms with E-state index in [1.54, 1.807) is 6.07 Å². The van der Waals surface area contributed by atoms with Gasteiger partial charge >= 0.3 is 0 Å². The number of methoxy groups -OCH3 is 2. The lowest BCUT2D eigenvalue weighted by atomic mass is 10.1. The molecule has 100 valence electrons. The molecule has 0 atom stereocenters. The molecule has 0 fully saturated rings. The molecule has 5 nitrogen and oxygen atoms in total. The number of halogens is 1. The fourth-order valence-corrected chi connectivity index (χ4v) is 1.69. The molecule has 0 aliphatic carbocycles. The molecule has 1 N–H and O–H groups in total. The summed E-state index contributed by atoms with van der Waals surface area (Å²) in [5, 5.41) is 0. The van der Waals surface area contributed by atoms with E-state index >= 15 is 0 Å². The Morgan fingerprint density at radius 1 is 1.32 bits per heavy atom. The van der Waals surface area contributed by atoms with Gasteiger partial charge in [0.15, 0.2) is 11.6 Å². The average molecular weight is 264 g/mol. The van der Waals surface area contributed by atoms with Gasteiger partial charge in [0, 0.05) is 18.7 Å². The van der Waals surface area contributed by atoms with Gasteiger partial charge in [-0.15, -0.1) is 0 Å². The van der Waals surface area contributed by atoms with Crippen LogP contribution in [0.2, 0.25) is 0 Å². The first-order chi connectivity index (χ1) is 9.13. The van der Waals surface area contributed by atoms with Crippen LogP contribution >= 0.6 is 0 Å². The summed E-state index contributed by atoms with van der Waals surface area (Å²) in [6, 6.07) is 5.71. The van der Waals surface area contributed by atoms with E-state index in [0.29, 0.717) is 17.1 Å². The highest BCUT2D eigenvalue weighted by molar-refractivity contribution is 5.60. The van der Waals surface area contributed by atoms with E-state index < -0.39 is 5.82 Å². The molecule has 0 aliphatic heterocycles. The van der Waals surface area contributed by atoms with Crippen LogP contribution in [0.3, 0.4) is 0 Å². The van der Waals surface area contributed by atoms with E-state index in [1.807, 2.05) is 0 Å². The maximum Gasteiger partial charge on any atom is 0.251 e. The van der Waals surface area contributed by atoms with E-state index in [9.17, 15) is 9.18 Å². The first kappa shape index (κ1) is 13.2. The zero-order valence-corrected chi connectivity index (χ0v) is 10.6. The molecule has 0 bridgehead atoms. The van der Waals surface area contributed by atoms with Crippen LogP contribution in [0.15, 0.2) is 29.1 Å². The molecule has 0 saturated heterocycles. The summed E-state index contributed by atoms with van der Waals surface area (Å²) in [6.07, 6.45) is 0. The molecule has 1 aromatic heterocycles. The lowest BCUT2D eigenvalue weighted by Gasteiger charge is -2.06. The third kappa shape index (κ3) is 2.97. The van der Waals surface area contributed by atoms with Gasteiger partial charge in [-0.3, -0.25) is 4.79 Å². The van der Waals surface area contributed by atoms with Crippen molar-refractivity contribution in [1.29, 1.82) is 0 Å². The molecule has 1 aromatic carbocycles. The molecule has 0 aliphatic rings. The minimum Gasteiger partial charge on any atom is -0.494 e. The predicted octanol–water partition coefficient (Wildman–Crippen LogP) is 1.73. The normalized spacial score (nSPS) is 10.5. The first-order valence-electron chi connectivity index (χ1n) is 5.57. The number of hydrogen-bond acceptors (Lipinski definition) is 4. The number of aromatic amines is 1. The monoisotopic (exact) mass is 264 g/mol. The summed E-state index contributed by atoms with van der Waals surface area (Å²) in [4.78, 5) is 18.2. The van der Waals surface area contributed by atoms with Gasteiger partial charge in [-0.05, 0) is 18.2 Å². The largest absolute Gasteiger partial charge is 0.494 e.